The highest BCUT2D eigenvalue weighted by Gasteiger charge is 2.21. The van der Waals surface area contributed by atoms with Crippen LogP contribution in [0.25, 0.3) is 0 Å². The summed E-state index contributed by atoms with van der Waals surface area (Å²) in [5, 5.41) is 0. The van der Waals surface area contributed by atoms with Gasteiger partial charge in [0.15, 0.2) is 0 Å². The van der Waals surface area contributed by atoms with E-state index in [4.69, 9.17) is 5.73 Å². The maximum absolute atomic E-state index is 13.8. The van der Waals surface area contributed by atoms with Crippen molar-refractivity contribution in [3.05, 3.63) is 35.4 Å². The van der Waals surface area contributed by atoms with Crippen molar-refractivity contribution in [3.8, 4) is 0 Å². The lowest BCUT2D eigenvalue weighted by molar-refractivity contribution is 0.322. The van der Waals surface area contributed by atoms with Gasteiger partial charge in [0.05, 0.1) is 0 Å². The van der Waals surface area contributed by atoms with Crippen LogP contribution in [0, 0.1) is 0 Å². The lowest BCUT2D eigenvalue weighted by Crippen LogP contribution is -2.16. The van der Waals surface area contributed by atoms with Crippen molar-refractivity contribution in [2.75, 3.05) is 6.54 Å². The molecule has 2 heteroatoms. The highest BCUT2D eigenvalue weighted by atomic mass is 19.1. The number of benzene rings is 1. The highest BCUT2D eigenvalue weighted by molar-refractivity contribution is 5.34. The third kappa shape index (κ3) is 3.03. The van der Waals surface area contributed by atoms with E-state index in [2.05, 4.69) is 20.8 Å². The third-order valence-electron chi connectivity index (χ3n) is 2.53. The van der Waals surface area contributed by atoms with E-state index < -0.39 is 6.17 Å². The van der Waals surface area contributed by atoms with Gasteiger partial charge >= 0.3 is 0 Å². The summed E-state index contributed by atoms with van der Waals surface area (Å²) in [7, 11) is 0. The van der Waals surface area contributed by atoms with Gasteiger partial charge in [0.25, 0.3) is 0 Å². The molecule has 0 saturated carbocycles. The van der Waals surface area contributed by atoms with Gasteiger partial charge in [-0.05, 0) is 29.5 Å². The molecule has 0 aliphatic rings. The maximum Gasteiger partial charge on any atom is 0.127 e. The van der Waals surface area contributed by atoms with Crippen molar-refractivity contribution in [3.63, 3.8) is 0 Å². The molecule has 0 radical (unpaired) electrons. The molecule has 1 aromatic carbocycles. The van der Waals surface area contributed by atoms with E-state index in [1.165, 1.54) is 0 Å². The van der Waals surface area contributed by atoms with E-state index in [9.17, 15) is 4.39 Å². The number of halogens is 1. The summed E-state index contributed by atoms with van der Waals surface area (Å²) in [4.78, 5) is 0. The highest BCUT2D eigenvalue weighted by Crippen LogP contribution is 2.32. The average molecular weight is 209 g/mol. The molecule has 0 heterocycles. The zero-order valence-electron chi connectivity index (χ0n) is 9.76. The zero-order valence-corrected chi connectivity index (χ0v) is 9.76. The minimum Gasteiger partial charge on any atom is -0.330 e. The molecule has 0 aliphatic carbocycles. The maximum atomic E-state index is 13.8. The Bertz CT molecular complexity index is 315. The van der Waals surface area contributed by atoms with Crippen LogP contribution in [0.2, 0.25) is 0 Å². The van der Waals surface area contributed by atoms with Gasteiger partial charge in [-0.25, -0.2) is 4.39 Å². The van der Waals surface area contributed by atoms with Gasteiger partial charge in [-0.2, -0.15) is 0 Å². The van der Waals surface area contributed by atoms with Crippen LogP contribution in [0.15, 0.2) is 24.3 Å². The topological polar surface area (TPSA) is 26.0 Å². The molecule has 0 amide bonds. The van der Waals surface area contributed by atoms with E-state index in [1.54, 1.807) is 0 Å². The molecule has 0 saturated heterocycles. The predicted molar refractivity (Wildman–Crippen MR) is 62.7 cm³/mol. The molecular formula is C13H20FN. The summed E-state index contributed by atoms with van der Waals surface area (Å²) in [5.74, 6) is 0. The minimum atomic E-state index is -0.939. The number of rotatable bonds is 3. The predicted octanol–water partition coefficient (Wildman–Crippen LogP) is 3.34. The molecule has 15 heavy (non-hydrogen) atoms. The molecule has 0 aliphatic heterocycles. The lowest BCUT2D eigenvalue weighted by atomic mass is 9.82. The lowest BCUT2D eigenvalue weighted by Gasteiger charge is -2.24. The summed E-state index contributed by atoms with van der Waals surface area (Å²) in [5.41, 5.74) is 7.23. The van der Waals surface area contributed by atoms with E-state index in [-0.39, 0.29) is 5.41 Å². The normalized spacial score (nSPS) is 13.9. The Kier molecular flexibility index (Phi) is 3.86. The Morgan fingerprint density at radius 3 is 2.40 bits per heavy atom. The van der Waals surface area contributed by atoms with Crippen molar-refractivity contribution in [1.82, 2.24) is 0 Å². The van der Waals surface area contributed by atoms with Gasteiger partial charge < -0.3 is 5.73 Å². The smallest absolute Gasteiger partial charge is 0.127 e. The van der Waals surface area contributed by atoms with Crippen LogP contribution in [-0.2, 0) is 5.41 Å². The average Bonchev–Trinajstić information content (AvgIpc) is 2.17. The molecule has 1 nitrogen and oxygen atoms in total. The van der Waals surface area contributed by atoms with Gasteiger partial charge in [-0.3, -0.25) is 0 Å². The van der Waals surface area contributed by atoms with Crippen molar-refractivity contribution in [2.45, 2.75) is 38.8 Å². The fourth-order valence-electron chi connectivity index (χ4n) is 1.75. The quantitative estimate of drug-likeness (QED) is 0.811. The van der Waals surface area contributed by atoms with E-state index in [1.807, 2.05) is 24.3 Å². The fourth-order valence-corrected chi connectivity index (χ4v) is 1.75. The van der Waals surface area contributed by atoms with Gasteiger partial charge in [0, 0.05) is 0 Å². The van der Waals surface area contributed by atoms with Crippen LogP contribution >= 0.6 is 0 Å². The number of alkyl halides is 1. The second-order valence-corrected chi connectivity index (χ2v) is 4.88. The Hall–Kier alpha value is -0.890. The number of nitrogens with two attached hydrogens (primary N) is 1. The molecule has 0 bridgehead atoms. The molecule has 0 fully saturated rings. The van der Waals surface area contributed by atoms with E-state index >= 15 is 0 Å². The first-order chi connectivity index (χ1) is 6.96. The first-order valence-corrected chi connectivity index (χ1v) is 5.40. The monoisotopic (exact) mass is 209 g/mol. The summed E-state index contributed by atoms with van der Waals surface area (Å²) in [6.45, 7) is 6.68. The Morgan fingerprint density at radius 2 is 1.87 bits per heavy atom. The summed E-state index contributed by atoms with van der Waals surface area (Å²) >= 11 is 0. The third-order valence-corrected chi connectivity index (χ3v) is 2.53. The van der Waals surface area contributed by atoms with Gasteiger partial charge in [-0.1, -0.05) is 45.0 Å². The van der Waals surface area contributed by atoms with Gasteiger partial charge in [0.2, 0.25) is 0 Å². The first kappa shape index (κ1) is 12.2. The van der Waals surface area contributed by atoms with Crippen molar-refractivity contribution in [2.24, 2.45) is 5.73 Å². The molecular weight excluding hydrogens is 189 g/mol. The molecule has 0 aromatic heterocycles. The Labute approximate surface area is 91.5 Å². The largest absolute Gasteiger partial charge is 0.330 e. The van der Waals surface area contributed by atoms with Crippen LogP contribution < -0.4 is 5.73 Å². The van der Waals surface area contributed by atoms with Crippen LogP contribution in [0.5, 0.6) is 0 Å². The molecule has 84 valence electrons. The summed E-state index contributed by atoms with van der Waals surface area (Å²) in [6.07, 6.45) is -0.543. The van der Waals surface area contributed by atoms with E-state index in [0.29, 0.717) is 13.0 Å². The molecule has 1 unspecified atom stereocenters. The molecule has 0 spiro atoms. The van der Waals surface area contributed by atoms with Crippen molar-refractivity contribution >= 4 is 0 Å². The number of hydrogen-bond acceptors (Lipinski definition) is 1. The Balaban J connectivity index is 3.06. The molecule has 1 aromatic rings. The van der Waals surface area contributed by atoms with Gasteiger partial charge in [-0.15, -0.1) is 0 Å². The van der Waals surface area contributed by atoms with E-state index in [0.717, 1.165) is 11.1 Å². The summed E-state index contributed by atoms with van der Waals surface area (Å²) in [6, 6.07) is 7.70. The zero-order chi connectivity index (χ0) is 11.5. The van der Waals surface area contributed by atoms with Crippen LogP contribution in [-0.4, -0.2) is 6.54 Å². The van der Waals surface area contributed by atoms with Crippen molar-refractivity contribution in [1.29, 1.82) is 0 Å². The molecule has 1 atom stereocenters. The minimum absolute atomic E-state index is 0.0183. The number of hydrogen-bond donors (Lipinski definition) is 1. The molecule has 2 N–H and O–H groups in total. The molecule has 1 rings (SSSR count). The first-order valence-electron chi connectivity index (χ1n) is 5.40. The Morgan fingerprint density at radius 1 is 1.27 bits per heavy atom. The SMILES string of the molecule is CC(C)(C)c1ccccc1C(F)CCN. The second-order valence-electron chi connectivity index (χ2n) is 4.88. The van der Waals surface area contributed by atoms with Crippen LogP contribution in [0.3, 0.4) is 0 Å². The summed E-state index contributed by atoms with van der Waals surface area (Å²) < 4.78 is 13.8. The van der Waals surface area contributed by atoms with Crippen molar-refractivity contribution < 1.29 is 4.39 Å². The van der Waals surface area contributed by atoms with Gasteiger partial charge in [0.1, 0.15) is 6.17 Å². The van der Waals surface area contributed by atoms with Crippen LogP contribution in [0.1, 0.15) is 44.5 Å². The van der Waals surface area contributed by atoms with Crippen LogP contribution in [0.4, 0.5) is 4.39 Å². The standard InChI is InChI=1S/C13H20FN/c1-13(2,3)11-7-5-4-6-10(11)12(14)8-9-15/h4-7,12H,8-9,15H2,1-3H3. The fraction of sp³-hybridized carbons (Fsp3) is 0.538. The second kappa shape index (κ2) is 4.75.